The van der Waals surface area contributed by atoms with Crippen LogP contribution in [-0.2, 0) is 4.79 Å². The van der Waals surface area contributed by atoms with Gasteiger partial charge >= 0.3 is 5.97 Å². The third-order valence-electron chi connectivity index (χ3n) is 4.34. The summed E-state index contributed by atoms with van der Waals surface area (Å²) in [5.74, 6) is -0.984. The van der Waals surface area contributed by atoms with Gasteiger partial charge in [-0.05, 0) is 57.1 Å². The van der Waals surface area contributed by atoms with Crippen LogP contribution < -0.4 is 0 Å². The molecule has 2 rings (SSSR count). The van der Waals surface area contributed by atoms with Crippen molar-refractivity contribution in [2.75, 3.05) is 33.2 Å². The lowest BCUT2D eigenvalue weighted by Gasteiger charge is -2.25. The number of benzene rings is 1. The van der Waals surface area contributed by atoms with Gasteiger partial charge in [0.05, 0.1) is 6.54 Å². The number of carboxylic acids is 1. The molecule has 1 aliphatic rings. The summed E-state index contributed by atoms with van der Waals surface area (Å²) in [6.07, 6.45) is 7.24. The molecule has 0 radical (unpaired) electrons. The molecule has 1 aliphatic heterocycles. The van der Waals surface area contributed by atoms with Gasteiger partial charge < -0.3 is 5.11 Å². The molecule has 0 aromatic heterocycles. The van der Waals surface area contributed by atoms with Crippen LogP contribution in [0.1, 0.15) is 24.8 Å². The standard InChI is InChI=1S/C18H25FN2O2/c1-20(14-18(22)23)17-5-3-12-21(13-10-17)11-2-4-15-6-8-16(19)9-7-15/h2,4,6-9,17H,3,5,10-14H2,1H3,(H,22,23)/b4-2+. The summed E-state index contributed by atoms with van der Waals surface area (Å²) in [6.45, 7) is 2.98. The van der Waals surface area contributed by atoms with Crippen molar-refractivity contribution < 1.29 is 14.3 Å². The van der Waals surface area contributed by atoms with Crippen molar-refractivity contribution in [3.8, 4) is 0 Å². The highest BCUT2D eigenvalue weighted by atomic mass is 19.1. The maximum atomic E-state index is 12.9. The van der Waals surface area contributed by atoms with Gasteiger partial charge in [-0.2, -0.15) is 0 Å². The van der Waals surface area contributed by atoms with Gasteiger partial charge in [0.25, 0.3) is 0 Å². The number of aliphatic carboxylic acids is 1. The fraction of sp³-hybridized carbons (Fsp3) is 0.500. The first-order valence-electron chi connectivity index (χ1n) is 8.11. The van der Waals surface area contributed by atoms with Crippen molar-refractivity contribution in [3.05, 3.63) is 41.7 Å². The van der Waals surface area contributed by atoms with Crippen LogP contribution in [0.3, 0.4) is 0 Å². The summed E-state index contributed by atoms with van der Waals surface area (Å²) in [5, 5.41) is 8.89. The summed E-state index contributed by atoms with van der Waals surface area (Å²) in [4.78, 5) is 15.1. The highest BCUT2D eigenvalue weighted by Gasteiger charge is 2.21. The van der Waals surface area contributed by atoms with Crippen LogP contribution in [-0.4, -0.2) is 60.1 Å². The monoisotopic (exact) mass is 320 g/mol. The van der Waals surface area contributed by atoms with Gasteiger partial charge in [0.2, 0.25) is 0 Å². The fourth-order valence-electron chi connectivity index (χ4n) is 3.02. The van der Waals surface area contributed by atoms with Crippen molar-refractivity contribution in [1.82, 2.24) is 9.80 Å². The minimum absolute atomic E-state index is 0.106. The molecule has 0 aliphatic carbocycles. The Morgan fingerprint density at radius 3 is 2.78 bits per heavy atom. The molecule has 1 unspecified atom stereocenters. The van der Waals surface area contributed by atoms with E-state index >= 15 is 0 Å². The average Bonchev–Trinajstić information content (AvgIpc) is 2.74. The van der Waals surface area contributed by atoms with E-state index in [1.807, 2.05) is 18.0 Å². The molecule has 4 nitrogen and oxygen atoms in total. The van der Waals surface area contributed by atoms with Crippen LogP contribution in [0.5, 0.6) is 0 Å². The zero-order valence-corrected chi connectivity index (χ0v) is 13.6. The zero-order chi connectivity index (χ0) is 16.7. The number of rotatable bonds is 6. The van der Waals surface area contributed by atoms with E-state index in [-0.39, 0.29) is 12.4 Å². The quantitative estimate of drug-likeness (QED) is 0.875. The number of halogens is 1. The van der Waals surface area contributed by atoms with Crippen LogP contribution in [0, 0.1) is 5.82 Å². The first-order valence-corrected chi connectivity index (χ1v) is 8.11. The molecule has 0 spiro atoms. The molecule has 1 fully saturated rings. The van der Waals surface area contributed by atoms with E-state index in [2.05, 4.69) is 11.0 Å². The van der Waals surface area contributed by atoms with Gasteiger partial charge in [-0.3, -0.25) is 14.6 Å². The summed E-state index contributed by atoms with van der Waals surface area (Å²) >= 11 is 0. The number of carboxylic acid groups (broad SMARTS) is 1. The second-order valence-corrected chi connectivity index (χ2v) is 6.15. The molecule has 0 saturated carbocycles. The SMILES string of the molecule is CN(CC(=O)O)C1CCCN(C/C=C/c2ccc(F)cc2)CC1. The second kappa shape index (κ2) is 8.79. The Labute approximate surface area is 137 Å². The van der Waals surface area contributed by atoms with Crippen LogP contribution in [0.2, 0.25) is 0 Å². The molecule has 1 atom stereocenters. The molecule has 5 heteroatoms. The maximum absolute atomic E-state index is 12.9. The molecule has 1 aromatic carbocycles. The number of likely N-dealkylation sites (N-methyl/N-ethyl adjacent to an activating group) is 1. The first-order chi connectivity index (χ1) is 11.0. The predicted octanol–water partition coefficient (Wildman–Crippen LogP) is 2.71. The molecule has 1 N–H and O–H groups in total. The first kappa shape index (κ1) is 17.6. The Hall–Kier alpha value is -1.72. The average molecular weight is 320 g/mol. The van der Waals surface area contributed by atoms with Crippen molar-refractivity contribution in [2.24, 2.45) is 0 Å². The molecule has 1 heterocycles. The van der Waals surface area contributed by atoms with E-state index in [4.69, 9.17) is 5.11 Å². The normalized spacial score (nSPS) is 20.0. The van der Waals surface area contributed by atoms with Gasteiger partial charge in [0.1, 0.15) is 5.82 Å². The Bertz CT molecular complexity index is 530. The summed E-state index contributed by atoms with van der Waals surface area (Å²) < 4.78 is 12.9. The number of hydrogen-bond acceptors (Lipinski definition) is 3. The van der Waals surface area contributed by atoms with Crippen molar-refractivity contribution in [3.63, 3.8) is 0 Å². The molecule has 0 amide bonds. The van der Waals surface area contributed by atoms with Gasteiger partial charge in [-0.1, -0.05) is 24.3 Å². The van der Waals surface area contributed by atoms with E-state index in [1.165, 1.54) is 12.1 Å². The smallest absolute Gasteiger partial charge is 0.317 e. The Morgan fingerprint density at radius 2 is 2.09 bits per heavy atom. The van der Waals surface area contributed by atoms with Crippen LogP contribution >= 0.6 is 0 Å². The topological polar surface area (TPSA) is 43.8 Å². The molecular weight excluding hydrogens is 295 g/mol. The number of hydrogen-bond donors (Lipinski definition) is 1. The molecule has 1 saturated heterocycles. The third-order valence-corrected chi connectivity index (χ3v) is 4.34. The Kier molecular flexibility index (Phi) is 6.74. The summed E-state index contributed by atoms with van der Waals surface area (Å²) in [5.41, 5.74) is 1.00. The van der Waals surface area contributed by atoms with Crippen LogP contribution in [0.15, 0.2) is 30.3 Å². The van der Waals surface area contributed by atoms with E-state index in [9.17, 15) is 9.18 Å². The van der Waals surface area contributed by atoms with E-state index < -0.39 is 5.97 Å². The second-order valence-electron chi connectivity index (χ2n) is 6.15. The Morgan fingerprint density at radius 1 is 1.35 bits per heavy atom. The van der Waals surface area contributed by atoms with E-state index in [1.54, 1.807) is 12.1 Å². The fourth-order valence-corrected chi connectivity index (χ4v) is 3.02. The highest BCUT2D eigenvalue weighted by molar-refractivity contribution is 5.69. The third kappa shape index (κ3) is 6.12. The maximum Gasteiger partial charge on any atom is 0.317 e. The lowest BCUT2D eigenvalue weighted by molar-refractivity contribution is -0.138. The van der Waals surface area contributed by atoms with E-state index in [0.717, 1.165) is 44.5 Å². The number of likely N-dealkylation sites (tertiary alicyclic amines) is 1. The molecule has 1 aromatic rings. The molecule has 126 valence electrons. The lowest BCUT2D eigenvalue weighted by Crippen LogP contribution is -2.36. The molecular formula is C18H25FN2O2. The number of nitrogens with zero attached hydrogens (tertiary/aromatic N) is 2. The minimum atomic E-state index is -0.768. The summed E-state index contributed by atoms with van der Waals surface area (Å²) in [6, 6.07) is 6.82. The zero-order valence-electron chi connectivity index (χ0n) is 13.6. The van der Waals surface area contributed by atoms with Crippen LogP contribution in [0.25, 0.3) is 6.08 Å². The molecule has 0 bridgehead atoms. The van der Waals surface area contributed by atoms with Gasteiger partial charge in [0.15, 0.2) is 0 Å². The number of carbonyl (C=O) groups is 1. The van der Waals surface area contributed by atoms with Gasteiger partial charge in [-0.25, -0.2) is 4.39 Å². The summed E-state index contributed by atoms with van der Waals surface area (Å²) in [7, 11) is 1.89. The van der Waals surface area contributed by atoms with Crippen molar-refractivity contribution >= 4 is 12.0 Å². The van der Waals surface area contributed by atoms with Crippen LogP contribution in [0.4, 0.5) is 4.39 Å². The van der Waals surface area contributed by atoms with E-state index in [0.29, 0.717) is 6.04 Å². The minimum Gasteiger partial charge on any atom is -0.480 e. The van der Waals surface area contributed by atoms with Crippen molar-refractivity contribution in [2.45, 2.75) is 25.3 Å². The molecule has 23 heavy (non-hydrogen) atoms. The largest absolute Gasteiger partial charge is 0.480 e. The highest BCUT2D eigenvalue weighted by Crippen LogP contribution is 2.16. The van der Waals surface area contributed by atoms with Gasteiger partial charge in [0, 0.05) is 12.6 Å². The lowest BCUT2D eigenvalue weighted by atomic mass is 10.1. The van der Waals surface area contributed by atoms with Crippen molar-refractivity contribution in [1.29, 1.82) is 0 Å². The predicted molar refractivity (Wildman–Crippen MR) is 89.8 cm³/mol. The Balaban J connectivity index is 1.79. The van der Waals surface area contributed by atoms with Gasteiger partial charge in [-0.15, -0.1) is 0 Å².